The molecule has 1 unspecified atom stereocenters. The summed E-state index contributed by atoms with van der Waals surface area (Å²) in [6.07, 6.45) is 7.00. The molecular weight excluding hydrogens is 518 g/mol. The van der Waals surface area contributed by atoms with Crippen molar-refractivity contribution in [3.05, 3.63) is 23.3 Å². The second kappa shape index (κ2) is 15.7. The minimum absolute atomic E-state index is 0.0325. The summed E-state index contributed by atoms with van der Waals surface area (Å²) in [7, 11) is 3.10. The number of Topliss-reactive ketones (excluding diaryl/α,β-unsaturated/α-hetero) is 1. The Morgan fingerprint density at radius 1 is 1.08 bits per heavy atom. The van der Waals surface area contributed by atoms with Gasteiger partial charge < -0.3 is 19.7 Å². The van der Waals surface area contributed by atoms with Crippen LogP contribution in [0.4, 0.5) is 0 Å². The maximum absolute atomic E-state index is 13.1. The molecule has 1 amide bonds. The first-order chi connectivity index (χ1) is 18.4. The lowest BCUT2D eigenvalue weighted by Gasteiger charge is -2.33. The second-order valence-corrected chi connectivity index (χ2v) is 13.1. The van der Waals surface area contributed by atoms with Crippen LogP contribution in [0, 0.1) is 25.7 Å². The Bertz CT molecular complexity index is 1030. The Morgan fingerprint density at radius 3 is 2.23 bits per heavy atom. The third-order valence-electron chi connectivity index (χ3n) is 7.78. The second-order valence-electron chi connectivity index (χ2n) is 11.1. The number of nitrogens with one attached hydrogen (secondary N) is 1. The van der Waals surface area contributed by atoms with E-state index in [4.69, 9.17) is 9.47 Å². The monoisotopic (exact) mass is 567 g/mol. The Morgan fingerprint density at radius 2 is 1.69 bits per heavy atom. The van der Waals surface area contributed by atoms with E-state index in [-0.39, 0.29) is 23.8 Å². The number of carbonyl (C=O) groups excluding carboxylic acids is 2. The number of sulfonamides is 1. The maximum Gasteiger partial charge on any atom is 0.243 e. The van der Waals surface area contributed by atoms with E-state index >= 15 is 0 Å². The molecule has 1 atom stereocenters. The summed E-state index contributed by atoms with van der Waals surface area (Å²) in [5, 5.41) is 2.60. The maximum atomic E-state index is 13.1. The van der Waals surface area contributed by atoms with E-state index in [2.05, 4.69) is 17.1 Å². The molecule has 0 radical (unpaired) electrons. The predicted octanol–water partition coefficient (Wildman–Crippen LogP) is 3.56. The van der Waals surface area contributed by atoms with Crippen LogP contribution in [0.15, 0.2) is 17.0 Å². The van der Waals surface area contributed by atoms with E-state index in [0.29, 0.717) is 41.2 Å². The van der Waals surface area contributed by atoms with E-state index in [1.807, 2.05) is 14.1 Å². The van der Waals surface area contributed by atoms with Crippen LogP contribution in [0.3, 0.4) is 0 Å². The number of likely N-dealkylation sites (N-methyl/N-ethyl adjacent to an activating group) is 2. The fourth-order valence-electron chi connectivity index (χ4n) is 5.47. The molecule has 1 aromatic rings. The van der Waals surface area contributed by atoms with Crippen molar-refractivity contribution in [1.29, 1.82) is 0 Å². The molecule has 0 heterocycles. The number of hydrogen-bond acceptors (Lipinski definition) is 7. The highest BCUT2D eigenvalue weighted by molar-refractivity contribution is 7.89. The Balaban J connectivity index is 1.77. The van der Waals surface area contributed by atoms with Gasteiger partial charge in [-0.3, -0.25) is 9.59 Å². The van der Waals surface area contributed by atoms with E-state index < -0.39 is 15.9 Å². The van der Waals surface area contributed by atoms with Gasteiger partial charge in [0.25, 0.3) is 0 Å². The molecule has 1 aliphatic carbocycles. The van der Waals surface area contributed by atoms with Crippen LogP contribution in [0.1, 0.15) is 63.0 Å². The van der Waals surface area contributed by atoms with Gasteiger partial charge in [-0.1, -0.05) is 13.3 Å². The summed E-state index contributed by atoms with van der Waals surface area (Å²) in [5.74, 6) is 1.13. The topological polar surface area (TPSA) is 105 Å². The number of benzene rings is 1. The highest BCUT2D eigenvalue weighted by Gasteiger charge is 2.29. The van der Waals surface area contributed by atoms with Crippen molar-refractivity contribution in [3.63, 3.8) is 0 Å². The number of methoxy groups -OCH3 is 1. The van der Waals surface area contributed by atoms with Crippen LogP contribution in [0.5, 0.6) is 5.75 Å². The minimum Gasteiger partial charge on any atom is -0.497 e. The number of rotatable bonds is 16. The molecule has 0 bridgehead atoms. The average molecular weight is 568 g/mol. The van der Waals surface area contributed by atoms with Crippen LogP contribution in [0.2, 0.25) is 0 Å². The highest BCUT2D eigenvalue weighted by Crippen LogP contribution is 2.35. The first-order valence-corrected chi connectivity index (χ1v) is 15.5. The van der Waals surface area contributed by atoms with Gasteiger partial charge in [0.2, 0.25) is 15.9 Å². The number of hydrogen-bond donors (Lipinski definition) is 1. The molecule has 1 aromatic carbocycles. The van der Waals surface area contributed by atoms with Crippen molar-refractivity contribution >= 4 is 21.7 Å². The SMILES string of the molecule is CCC(CCC(=O)CNC(=O)CN(C)S(=O)(=O)c1c(C)cc(OC)cc1C)C1CCC(OCCN(C)C)CC1. The van der Waals surface area contributed by atoms with Crippen molar-refractivity contribution in [2.24, 2.45) is 11.8 Å². The Hall–Kier alpha value is -2.01. The molecule has 2 rings (SSSR count). The largest absolute Gasteiger partial charge is 0.497 e. The van der Waals surface area contributed by atoms with Crippen molar-refractivity contribution in [1.82, 2.24) is 14.5 Å². The zero-order valence-electron chi connectivity index (χ0n) is 24.9. The summed E-state index contributed by atoms with van der Waals surface area (Å²) in [5.41, 5.74) is 1.09. The van der Waals surface area contributed by atoms with Gasteiger partial charge in [-0.2, -0.15) is 4.31 Å². The van der Waals surface area contributed by atoms with Gasteiger partial charge in [-0.05, 0) is 95.1 Å². The number of ether oxygens (including phenoxy) is 2. The number of aryl methyl sites for hydroxylation is 2. The summed E-state index contributed by atoms with van der Waals surface area (Å²) in [6.45, 7) is 6.83. The van der Waals surface area contributed by atoms with Gasteiger partial charge in [0.05, 0.1) is 37.8 Å². The zero-order chi connectivity index (χ0) is 29.2. The molecule has 0 aromatic heterocycles. The molecule has 10 heteroatoms. The molecule has 1 aliphatic rings. The van der Waals surface area contributed by atoms with E-state index in [1.165, 1.54) is 14.2 Å². The molecular formula is C29H49N3O6S. The van der Waals surface area contributed by atoms with Gasteiger partial charge >= 0.3 is 0 Å². The quantitative estimate of drug-likeness (QED) is 0.326. The molecule has 0 saturated heterocycles. The summed E-state index contributed by atoms with van der Waals surface area (Å²) in [4.78, 5) is 27.3. The predicted molar refractivity (Wildman–Crippen MR) is 154 cm³/mol. The zero-order valence-corrected chi connectivity index (χ0v) is 25.7. The smallest absolute Gasteiger partial charge is 0.243 e. The van der Waals surface area contributed by atoms with Crippen LogP contribution in [0.25, 0.3) is 0 Å². The minimum atomic E-state index is -3.89. The van der Waals surface area contributed by atoms with Crippen LogP contribution >= 0.6 is 0 Å². The lowest BCUT2D eigenvalue weighted by atomic mass is 9.76. The third-order valence-corrected chi connectivity index (χ3v) is 9.89. The molecule has 1 N–H and O–H groups in total. The number of carbonyl (C=O) groups is 2. The molecule has 1 saturated carbocycles. The fraction of sp³-hybridized carbons (Fsp3) is 0.724. The third kappa shape index (κ3) is 10.2. The molecule has 0 aliphatic heterocycles. The number of nitrogens with zero attached hydrogens (tertiary/aromatic N) is 2. The van der Waals surface area contributed by atoms with Crippen LogP contribution in [-0.2, 0) is 24.3 Å². The standard InChI is InChI=1S/C29H49N3O6S/c1-8-23(24-10-13-26(14-11-24)38-16-15-31(4)5)9-12-25(33)19-30-28(34)20-32(6)39(35,36)29-21(2)17-27(37-7)18-22(29)3/h17-18,23-24,26H,8-16,19-20H2,1-7H3,(H,30,34). The normalized spacial score (nSPS) is 18.8. The number of amides is 1. The van der Waals surface area contributed by atoms with Crippen LogP contribution < -0.4 is 10.1 Å². The highest BCUT2D eigenvalue weighted by atomic mass is 32.2. The first-order valence-electron chi connectivity index (χ1n) is 14.0. The van der Waals surface area contributed by atoms with E-state index in [0.717, 1.165) is 56.0 Å². The first kappa shape index (κ1) is 33.2. The molecule has 39 heavy (non-hydrogen) atoms. The molecule has 1 fully saturated rings. The molecule has 222 valence electrons. The summed E-state index contributed by atoms with van der Waals surface area (Å²) < 4.78 is 38.5. The lowest BCUT2D eigenvalue weighted by molar-refractivity contribution is -0.125. The lowest BCUT2D eigenvalue weighted by Crippen LogP contribution is -2.40. The van der Waals surface area contributed by atoms with Crippen LogP contribution in [-0.4, -0.2) is 89.9 Å². The van der Waals surface area contributed by atoms with E-state index in [1.54, 1.807) is 26.0 Å². The fourth-order valence-corrected chi connectivity index (χ4v) is 7.00. The van der Waals surface area contributed by atoms with Gasteiger partial charge in [0, 0.05) is 20.0 Å². The van der Waals surface area contributed by atoms with Crippen molar-refractivity contribution < 1.29 is 27.5 Å². The van der Waals surface area contributed by atoms with Crippen molar-refractivity contribution in [2.45, 2.75) is 76.7 Å². The van der Waals surface area contributed by atoms with E-state index in [9.17, 15) is 18.0 Å². The Labute approximate surface area is 235 Å². The summed E-state index contributed by atoms with van der Waals surface area (Å²) >= 11 is 0. The number of ketones is 1. The Kier molecular flexibility index (Phi) is 13.4. The van der Waals surface area contributed by atoms with Crippen molar-refractivity contribution in [3.8, 4) is 5.75 Å². The van der Waals surface area contributed by atoms with Gasteiger partial charge in [-0.15, -0.1) is 0 Å². The van der Waals surface area contributed by atoms with Crippen molar-refractivity contribution in [2.75, 3.05) is 54.5 Å². The summed E-state index contributed by atoms with van der Waals surface area (Å²) in [6, 6.07) is 3.31. The average Bonchev–Trinajstić information content (AvgIpc) is 2.87. The van der Waals surface area contributed by atoms with Gasteiger partial charge in [0.15, 0.2) is 5.78 Å². The molecule has 9 nitrogen and oxygen atoms in total. The van der Waals surface area contributed by atoms with Gasteiger partial charge in [-0.25, -0.2) is 8.42 Å². The molecule has 0 spiro atoms. The van der Waals surface area contributed by atoms with Gasteiger partial charge in [0.1, 0.15) is 5.75 Å².